The molecule has 0 saturated heterocycles. The second-order valence-corrected chi connectivity index (χ2v) is 8.41. The maximum absolute atomic E-state index is 5.29. The molecule has 4 heterocycles. The van der Waals surface area contributed by atoms with E-state index in [0.717, 1.165) is 44.7 Å². The third-order valence-corrected chi connectivity index (χ3v) is 5.64. The lowest BCUT2D eigenvalue weighted by atomic mass is 10.0. The van der Waals surface area contributed by atoms with Crippen molar-refractivity contribution in [2.24, 2.45) is 7.05 Å². The van der Waals surface area contributed by atoms with Crippen LogP contribution in [0.15, 0.2) is 67.1 Å². The number of methoxy groups -OCH3 is 1. The molecule has 0 fully saturated rings. The Balaban J connectivity index is 1.50. The molecule has 0 atom stereocenters. The highest BCUT2D eigenvalue weighted by molar-refractivity contribution is 5.86. The van der Waals surface area contributed by atoms with Crippen LogP contribution in [0.4, 0.5) is 11.6 Å². The third-order valence-electron chi connectivity index (χ3n) is 5.64. The van der Waals surface area contributed by atoms with Crippen LogP contribution in [-0.2, 0) is 7.05 Å². The van der Waals surface area contributed by atoms with Crippen LogP contribution in [0.1, 0.15) is 25.3 Å². The van der Waals surface area contributed by atoms with Crippen LogP contribution in [-0.4, -0.2) is 37.1 Å². The summed E-state index contributed by atoms with van der Waals surface area (Å²) in [5.74, 6) is 2.52. The quantitative estimate of drug-likeness (QED) is 0.371. The average Bonchev–Trinajstić information content (AvgIpc) is 3.25. The van der Waals surface area contributed by atoms with E-state index in [2.05, 4.69) is 39.4 Å². The molecule has 0 unspecified atom stereocenters. The Morgan fingerprint density at radius 2 is 1.74 bits per heavy atom. The summed E-state index contributed by atoms with van der Waals surface area (Å²) in [6.45, 7) is 4.25. The van der Waals surface area contributed by atoms with Crippen molar-refractivity contribution in [3.63, 3.8) is 0 Å². The van der Waals surface area contributed by atoms with E-state index >= 15 is 0 Å². The summed E-state index contributed by atoms with van der Waals surface area (Å²) in [6.07, 6.45) is 5.64. The molecule has 0 amide bonds. The zero-order chi connectivity index (χ0) is 23.7. The van der Waals surface area contributed by atoms with Crippen LogP contribution in [0.2, 0.25) is 0 Å². The maximum atomic E-state index is 5.29. The van der Waals surface area contributed by atoms with Crippen molar-refractivity contribution >= 4 is 22.7 Å². The van der Waals surface area contributed by atoms with Crippen molar-refractivity contribution in [3.05, 3.63) is 72.7 Å². The van der Waals surface area contributed by atoms with Crippen molar-refractivity contribution in [2.45, 2.75) is 19.8 Å². The highest BCUT2D eigenvalue weighted by atomic mass is 16.5. The van der Waals surface area contributed by atoms with Crippen molar-refractivity contribution in [1.82, 2.24) is 29.9 Å². The number of aryl methyl sites for hydroxylation is 1. The van der Waals surface area contributed by atoms with Crippen molar-refractivity contribution in [1.29, 1.82) is 0 Å². The third kappa shape index (κ3) is 4.30. The van der Waals surface area contributed by atoms with Crippen molar-refractivity contribution in [3.8, 4) is 28.1 Å². The lowest BCUT2D eigenvalue weighted by Crippen LogP contribution is -2.00. The van der Waals surface area contributed by atoms with E-state index in [1.165, 1.54) is 0 Å². The van der Waals surface area contributed by atoms with Crippen LogP contribution in [0, 0.1) is 0 Å². The van der Waals surface area contributed by atoms with E-state index in [9.17, 15) is 0 Å². The average molecular weight is 452 g/mol. The minimum absolute atomic E-state index is 0.367. The fourth-order valence-corrected chi connectivity index (χ4v) is 3.78. The van der Waals surface area contributed by atoms with Gasteiger partial charge in [0.1, 0.15) is 17.3 Å². The van der Waals surface area contributed by atoms with Gasteiger partial charge in [-0.2, -0.15) is 10.2 Å². The largest absolute Gasteiger partial charge is 0.497 e. The van der Waals surface area contributed by atoms with E-state index in [4.69, 9.17) is 9.72 Å². The first-order valence-electron chi connectivity index (χ1n) is 11.0. The summed E-state index contributed by atoms with van der Waals surface area (Å²) in [6, 6.07) is 15.7. The fourth-order valence-electron chi connectivity index (χ4n) is 3.78. The lowest BCUT2D eigenvalue weighted by Gasteiger charge is -2.09. The van der Waals surface area contributed by atoms with Gasteiger partial charge in [-0.15, -0.1) is 5.10 Å². The Bertz CT molecular complexity index is 1460. The molecule has 1 N–H and O–H groups in total. The second-order valence-electron chi connectivity index (χ2n) is 8.41. The molecule has 0 spiro atoms. The van der Waals surface area contributed by atoms with Gasteiger partial charge in [0.25, 0.3) is 0 Å². The van der Waals surface area contributed by atoms with Gasteiger partial charge in [0, 0.05) is 36.1 Å². The van der Waals surface area contributed by atoms with Gasteiger partial charge in [0.05, 0.1) is 24.3 Å². The molecule has 1 aromatic carbocycles. The molecule has 5 rings (SSSR count). The molecule has 0 aliphatic carbocycles. The standard InChI is InChI=1S/C26H25N7O/c1-16(2)18-12-25(31-28-14-18)30-24-10-9-22-23(29-24)11-19(13-27-22)21-15-33(3)32-26(21)17-5-7-20(34-4)8-6-17/h5-16H,1-4H3,(H,29,30,31). The number of benzene rings is 1. The number of anilines is 2. The number of nitrogens with one attached hydrogen (secondary N) is 1. The van der Waals surface area contributed by atoms with Gasteiger partial charge in [-0.1, -0.05) is 13.8 Å². The zero-order valence-electron chi connectivity index (χ0n) is 19.5. The summed E-state index contributed by atoms with van der Waals surface area (Å²) in [4.78, 5) is 9.42. The molecule has 0 radical (unpaired) electrons. The molecular weight excluding hydrogens is 426 g/mol. The molecule has 5 aromatic rings. The second kappa shape index (κ2) is 8.90. The number of rotatable bonds is 6. The minimum Gasteiger partial charge on any atom is -0.497 e. The molecule has 0 aliphatic heterocycles. The molecule has 0 bridgehead atoms. The van der Waals surface area contributed by atoms with Gasteiger partial charge >= 0.3 is 0 Å². The van der Waals surface area contributed by atoms with Crippen LogP contribution in [0.25, 0.3) is 33.4 Å². The molecule has 8 heteroatoms. The Hall–Kier alpha value is -4.33. The highest BCUT2D eigenvalue weighted by Gasteiger charge is 2.14. The number of nitrogens with zero attached hydrogens (tertiary/aromatic N) is 6. The SMILES string of the molecule is COc1ccc(-c2nn(C)cc2-c2cnc3ccc(Nc4cc(C(C)C)cnn4)nc3c2)cc1. The maximum Gasteiger partial charge on any atom is 0.154 e. The van der Waals surface area contributed by atoms with E-state index in [1.54, 1.807) is 13.3 Å². The van der Waals surface area contributed by atoms with E-state index < -0.39 is 0 Å². The zero-order valence-corrected chi connectivity index (χ0v) is 19.5. The number of ether oxygens (including phenoxy) is 1. The molecular formula is C26H25N7O. The predicted octanol–water partition coefficient (Wildman–Crippen LogP) is 5.36. The van der Waals surface area contributed by atoms with Crippen LogP contribution in [0.3, 0.4) is 0 Å². The van der Waals surface area contributed by atoms with Crippen LogP contribution < -0.4 is 10.1 Å². The number of hydrogen-bond donors (Lipinski definition) is 1. The topological polar surface area (TPSA) is 90.6 Å². The minimum atomic E-state index is 0.367. The van der Waals surface area contributed by atoms with Gasteiger partial charge in [0.15, 0.2) is 5.82 Å². The summed E-state index contributed by atoms with van der Waals surface area (Å²) < 4.78 is 7.10. The summed E-state index contributed by atoms with van der Waals surface area (Å²) in [7, 11) is 3.57. The first-order chi connectivity index (χ1) is 16.5. The Morgan fingerprint density at radius 3 is 2.50 bits per heavy atom. The van der Waals surface area contributed by atoms with Gasteiger partial charge in [-0.3, -0.25) is 9.67 Å². The lowest BCUT2D eigenvalue weighted by molar-refractivity contribution is 0.415. The first kappa shape index (κ1) is 21.5. The monoisotopic (exact) mass is 451 g/mol. The fraction of sp³-hybridized carbons (Fsp3) is 0.192. The van der Waals surface area contributed by atoms with E-state index in [0.29, 0.717) is 17.6 Å². The van der Waals surface area contributed by atoms with Crippen LogP contribution >= 0.6 is 0 Å². The first-order valence-corrected chi connectivity index (χ1v) is 11.0. The van der Waals surface area contributed by atoms with Gasteiger partial charge in [-0.05, 0) is 60.0 Å². The van der Waals surface area contributed by atoms with Gasteiger partial charge in [0.2, 0.25) is 0 Å². The van der Waals surface area contributed by atoms with E-state index in [1.807, 2.05) is 72.7 Å². The number of aromatic nitrogens is 6. The summed E-state index contributed by atoms with van der Waals surface area (Å²) in [5, 5.41) is 16.2. The number of pyridine rings is 2. The van der Waals surface area contributed by atoms with Gasteiger partial charge < -0.3 is 10.1 Å². The van der Waals surface area contributed by atoms with Gasteiger partial charge in [-0.25, -0.2) is 4.98 Å². The van der Waals surface area contributed by atoms with Crippen molar-refractivity contribution in [2.75, 3.05) is 12.4 Å². The smallest absolute Gasteiger partial charge is 0.154 e. The molecule has 0 saturated carbocycles. The Morgan fingerprint density at radius 1 is 0.912 bits per heavy atom. The molecule has 4 aromatic heterocycles. The Labute approximate surface area is 197 Å². The molecule has 34 heavy (non-hydrogen) atoms. The van der Waals surface area contributed by atoms with Crippen molar-refractivity contribution < 1.29 is 4.74 Å². The highest BCUT2D eigenvalue weighted by Crippen LogP contribution is 2.32. The molecule has 0 aliphatic rings. The predicted molar refractivity (Wildman–Crippen MR) is 133 cm³/mol. The Kier molecular flexibility index (Phi) is 5.63. The van der Waals surface area contributed by atoms with E-state index in [-0.39, 0.29) is 0 Å². The molecule has 170 valence electrons. The summed E-state index contributed by atoms with van der Waals surface area (Å²) in [5.41, 5.74) is 6.51. The number of hydrogen-bond acceptors (Lipinski definition) is 7. The van der Waals surface area contributed by atoms with Crippen LogP contribution in [0.5, 0.6) is 5.75 Å². The summed E-state index contributed by atoms with van der Waals surface area (Å²) >= 11 is 0. The normalized spacial score (nSPS) is 11.2. The molecule has 8 nitrogen and oxygen atoms in total. The number of fused-ring (bicyclic) bond motifs is 1.